The lowest BCUT2D eigenvalue weighted by Crippen LogP contribution is -2.27. The van der Waals surface area contributed by atoms with E-state index in [4.69, 9.17) is 0 Å². The number of nitrogens with one attached hydrogen (secondary N) is 2. The molecule has 0 aliphatic heterocycles. The van der Waals surface area contributed by atoms with Crippen LogP contribution in [0.15, 0.2) is 107 Å². The van der Waals surface area contributed by atoms with Crippen LogP contribution in [0.1, 0.15) is 53.0 Å². The number of carbonyl (C=O) groups excluding carboxylic acids is 1. The number of fused-ring (bicyclic) bond motifs is 3. The van der Waals surface area contributed by atoms with E-state index in [1.165, 1.54) is 24.3 Å². The van der Waals surface area contributed by atoms with Crippen LogP contribution in [0.4, 0.5) is 0 Å². The Hall–Kier alpha value is -3.63. The zero-order chi connectivity index (χ0) is 27.1. The predicted molar refractivity (Wildman–Crippen MR) is 146 cm³/mol. The van der Waals surface area contributed by atoms with Gasteiger partial charge in [-0.05, 0) is 60.4 Å². The highest BCUT2D eigenvalue weighted by Crippen LogP contribution is 2.39. The fourth-order valence-corrected chi connectivity index (χ4v) is 7.11. The van der Waals surface area contributed by atoms with Gasteiger partial charge in [0.25, 0.3) is 0 Å². The van der Waals surface area contributed by atoms with Crippen molar-refractivity contribution in [1.82, 2.24) is 9.44 Å². The third kappa shape index (κ3) is 4.93. The quantitative estimate of drug-likeness (QED) is 0.285. The summed E-state index contributed by atoms with van der Waals surface area (Å²) in [6.45, 7) is 3.49. The lowest BCUT2D eigenvalue weighted by Gasteiger charge is -2.15. The summed E-state index contributed by atoms with van der Waals surface area (Å²) in [7, 11) is -7.84. The number of ketones is 1. The van der Waals surface area contributed by atoms with E-state index in [1.54, 1.807) is 26.0 Å². The molecule has 194 valence electrons. The van der Waals surface area contributed by atoms with Crippen molar-refractivity contribution in [3.8, 4) is 11.1 Å². The highest BCUT2D eigenvalue weighted by Gasteiger charge is 2.31. The molecule has 2 atom stereocenters. The van der Waals surface area contributed by atoms with E-state index in [1.807, 2.05) is 60.7 Å². The Morgan fingerprint density at radius 1 is 0.526 bits per heavy atom. The molecule has 0 radical (unpaired) electrons. The van der Waals surface area contributed by atoms with Crippen molar-refractivity contribution in [2.75, 3.05) is 0 Å². The Morgan fingerprint density at radius 2 is 0.895 bits per heavy atom. The standard InChI is InChI=1S/C29H26N2O5S2/c1-19(21-9-5-3-6-10-21)30-37(33,34)23-13-15-25-26-16-14-24(18-28(26)29(32)27(25)17-23)38(35,36)31-20(2)22-11-7-4-8-12-22/h3-20,30-31H,1-2H3/t19-,20-/m1/s1. The van der Waals surface area contributed by atoms with Gasteiger partial charge in [0.15, 0.2) is 5.78 Å². The van der Waals surface area contributed by atoms with E-state index in [0.717, 1.165) is 11.1 Å². The van der Waals surface area contributed by atoms with Crippen LogP contribution in [0, 0.1) is 0 Å². The lowest BCUT2D eigenvalue weighted by atomic mass is 10.1. The van der Waals surface area contributed by atoms with Crippen LogP contribution in [-0.4, -0.2) is 22.6 Å². The molecular weight excluding hydrogens is 520 g/mol. The molecule has 4 aromatic carbocycles. The molecule has 0 saturated carbocycles. The van der Waals surface area contributed by atoms with Crippen LogP contribution in [0.3, 0.4) is 0 Å². The smallest absolute Gasteiger partial charge is 0.241 e. The molecule has 0 fully saturated rings. The van der Waals surface area contributed by atoms with Gasteiger partial charge < -0.3 is 0 Å². The summed E-state index contributed by atoms with van der Waals surface area (Å²) in [6.07, 6.45) is 0. The average molecular weight is 547 g/mol. The normalized spacial score (nSPS) is 14.5. The Balaban J connectivity index is 1.41. The van der Waals surface area contributed by atoms with E-state index in [9.17, 15) is 21.6 Å². The average Bonchev–Trinajstić information content (AvgIpc) is 3.20. The molecule has 0 saturated heterocycles. The second-order valence-electron chi connectivity index (χ2n) is 9.25. The molecule has 0 spiro atoms. The Bertz CT molecular complexity index is 1610. The van der Waals surface area contributed by atoms with Crippen LogP contribution < -0.4 is 9.44 Å². The Labute approximate surface area is 222 Å². The van der Waals surface area contributed by atoms with Gasteiger partial charge in [-0.1, -0.05) is 72.8 Å². The van der Waals surface area contributed by atoms with Gasteiger partial charge in [-0.15, -0.1) is 0 Å². The van der Waals surface area contributed by atoms with Crippen molar-refractivity contribution < 1.29 is 21.6 Å². The van der Waals surface area contributed by atoms with Crippen molar-refractivity contribution >= 4 is 25.8 Å². The number of benzene rings is 4. The predicted octanol–water partition coefficient (Wildman–Crippen LogP) is 4.98. The van der Waals surface area contributed by atoms with Gasteiger partial charge in [-0.3, -0.25) is 4.79 Å². The minimum absolute atomic E-state index is 0.0358. The van der Waals surface area contributed by atoms with Gasteiger partial charge in [-0.25, -0.2) is 26.3 Å². The number of hydrogen-bond acceptors (Lipinski definition) is 5. The van der Waals surface area contributed by atoms with Crippen molar-refractivity contribution in [1.29, 1.82) is 0 Å². The maximum Gasteiger partial charge on any atom is 0.241 e. The maximum atomic E-state index is 13.3. The van der Waals surface area contributed by atoms with Crippen molar-refractivity contribution in [2.45, 2.75) is 35.7 Å². The van der Waals surface area contributed by atoms with E-state index >= 15 is 0 Å². The fraction of sp³-hybridized carbons (Fsp3) is 0.138. The molecule has 5 rings (SSSR count). The summed E-state index contributed by atoms with van der Waals surface area (Å²) in [5.41, 5.74) is 3.18. The topological polar surface area (TPSA) is 109 Å². The van der Waals surface area contributed by atoms with Gasteiger partial charge in [-0.2, -0.15) is 0 Å². The molecule has 1 aliphatic carbocycles. The molecule has 9 heteroatoms. The van der Waals surface area contributed by atoms with E-state index < -0.39 is 37.9 Å². The lowest BCUT2D eigenvalue weighted by molar-refractivity contribution is 0.104. The third-order valence-corrected chi connectivity index (χ3v) is 9.72. The molecule has 0 aromatic heterocycles. The molecule has 0 bridgehead atoms. The molecule has 0 heterocycles. The van der Waals surface area contributed by atoms with Crippen molar-refractivity contribution in [3.05, 3.63) is 119 Å². The van der Waals surface area contributed by atoms with E-state index in [-0.39, 0.29) is 20.9 Å². The second kappa shape index (κ2) is 9.92. The zero-order valence-electron chi connectivity index (χ0n) is 20.8. The van der Waals surface area contributed by atoms with Crippen LogP contribution in [0.5, 0.6) is 0 Å². The van der Waals surface area contributed by atoms with Gasteiger partial charge >= 0.3 is 0 Å². The first-order chi connectivity index (χ1) is 18.1. The molecule has 1 aliphatic rings. The number of sulfonamides is 2. The highest BCUT2D eigenvalue weighted by atomic mass is 32.2. The summed E-state index contributed by atoms with van der Waals surface area (Å²) in [4.78, 5) is 13.2. The Kier molecular flexibility index (Phi) is 6.79. The summed E-state index contributed by atoms with van der Waals surface area (Å²) >= 11 is 0. The minimum Gasteiger partial charge on any atom is -0.289 e. The third-order valence-electron chi connectivity index (χ3n) is 6.65. The summed E-state index contributed by atoms with van der Waals surface area (Å²) < 4.78 is 57.7. The zero-order valence-corrected chi connectivity index (χ0v) is 22.4. The first-order valence-corrected chi connectivity index (χ1v) is 15.0. The first-order valence-electron chi connectivity index (χ1n) is 12.0. The number of carbonyl (C=O) groups is 1. The fourth-order valence-electron chi connectivity index (χ4n) is 4.59. The minimum atomic E-state index is -3.92. The summed E-state index contributed by atoms with van der Waals surface area (Å²) in [5, 5.41) is 0. The van der Waals surface area contributed by atoms with Gasteiger partial charge in [0.05, 0.1) is 9.79 Å². The van der Waals surface area contributed by atoms with Crippen LogP contribution >= 0.6 is 0 Å². The van der Waals surface area contributed by atoms with Gasteiger partial charge in [0, 0.05) is 23.2 Å². The maximum absolute atomic E-state index is 13.3. The molecule has 2 N–H and O–H groups in total. The molecule has 7 nitrogen and oxygen atoms in total. The van der Waals surface area contributed by atoms with E-state index in [2.05, 4.69) is 9.44 Å². The highest BCUT2D eigenvalue weighted by molar-refractivity contribution is 7.89. The van der Waals surface area contributed by atoms with Crippen LogP contribution in [0.25, 0.3) is 11.1 Å². The number of rotatable bonds is 8. The molecule has 0 amide bonds. The molecule has 0 unspecified atom stereocenters. The largest absolute Gasteiger partial charge is 0.289 e. The molecule has 38 heavy (non-hydrogen) atoms. The Morgan fingerprint density at radius 3 is 1.26 bits per heavy atom. The SMILES string of the molecule is C[C@@H](NS(=O)(=O)c1ccc2c(c1)C(=O)c1cc(S(=O)(=O)N[C@H](C)c3ccccc3)ccc1-2)c1ccccc1. The van der Waals surface area contributed by atoms with E-state index in [0.29, 0.717) is 11.1 Å². The monoisotopic (exact) mass is 546 g/mol. The van der Waals surface area contributed by atoms with Crippen LogP contribution in [0.2, 0.25) is 0 Å². The van der Waals surface area contributed by atoms with Crippen molar-refractivity contribution in [2.24, 2.45) is 0 Å². The number of hydrogen-bond donors (Lipinski definition) is 2. The first kappa shape index (κ1) is 26.0. The second-order valence-corrected chi connectivity index (χ2v) is 12.7. The van der Waals surface area contributed by atoms with Crippen molar-refractivity contribution in [3.63, 3.8) is 0 Å². The summed E-state index contributed by atoms with van der Waals surface area (Å²) in [5.74, 6) is -0.420. The molecular formula is C29H26N2O5S2. The molecule has 4 aromatic rings. The van der Waals surface area contributed by atoms with Gasteiger partial charge in [0.1, 0.15) is 0 Å². The summed E-state index contributed by atoms with van der Waals surface area (Å²) in [6, 6.07) is 26.2. The van der Waals surface area contributed by atoms with Gasteiger partial charge in [0.2, 0.25) is 20.0 Å². The van der Waals surface area contributed by atoms with Crippen LogP contribution in [-0.2, 0) is 20.0 Å².